The molecule has 1 fully saturated rings. The molecule has 0 aliphatic carbocycles. The minimum Gasteiger partial charge on any atom is -0.396 e. The monoisotopic (exact) mass is 189 g/mol. The molecule has 1 aliphatic heterocycles. The average molecular weight is 189 g/mol. The second-order valence-corrected chi connectivity index (χ2v) is 4.62. The van der Waals surface area contributed by atoms with Gasteiger partial charge >= 0.3 is 0 Å². The molecular formula is C9H19NOS. The standard InChI is InChI=1S/C9H19NOS/c1-2-10-9(3-6-11)4-7-12-8-5-9/h10-11H,2-8H2,1H3. The highest BCUT2D eigenvalue weighted by molar-refractivity contribution is 7.99. The first-order chi connectivity index (χ1) is 5.83. The minimum atomic E-state index is 0.259. The van der Waals surface area contributed by atoms with Gasteiger partial charge in [0.1, 0.15) is 0 Å². The summed E-state index contributed by atoms with van der Waals surface area (Å²) in [6.45, 7) is 3.48. The Morgan fingerprint density at radius 2 is 2.08 bits per heavy atom. The third kappa shape index (κ3) is 2.64. The van der Waals surface area contributed by atoms with Gasteiger partial charge in [-0.2, -0.15) is 11.8 Å². The Kier molecular flexibility index (Phi) is 4.40. The Labute approximate surface area is 79.1 Å². The van der Waals surface area contributed by atoms with Crippen LogP contribution in [0, 0.1) is 0 Å². The lowest BCUT2D eigenvalue weighted by atomic mass is 9.89. The molecule has 0 aromatic rings. The highest BCUT2D eigenvalue weighted by Gasteiger charge is 2.30. The SMILES string of the molecule is CCNC1(CCO)CCSCC1. The van der Waals surface area contributed by atoms with Crippen molar-refractivity contribution in [1.29, 1.82) is 0 Å². The molecule has 2 N–H and O–H groups in total. The summed E-state index contributed by atoms with van der Waals surface area (Å²) < 4.78 is 0. The predicted octanol–water partition coefficient (Wildman–Crippen LogP) is 1.24. The largest absolute Gasteiger partial charge is 0.396 e. The molecule has 0 unspecified atom stereocenters. The molecule has 72 valence electrons. The Morgan fingerprint density at radius 3 is 2.58 bits per heavy atom. The first kappa shape index (κ1) is 10.4. The Bertz CT molecular complexity index is 108. The van der Waals surface area contributed by atoms with Crippen LogP contribution in [0.1, 0.15) is 26.2 Å². The lowest BCUT2D eigenvalue weighted by molar-refractivity contribution is 0.200. The molecule has 2 nitrogen and oxygen atoms in total. The summed E-state index contributed by atoms with van der Waals surface area (Å²) in [6.07, 6.45) is 3.35. The van der Waals surface area contributed by atoms with Crippen molar-refractivity contribution in [3.05, 3.63) is 0 Å². The summed E-state index contributed by atoms with van der Waals surface area (Å²) >= 11 is 2.03. The third-order valence-electron chi connectivity index (χ3n) is 2.59. The van der Waals surface area contributed by atoms with E-state index < -0.39 is 0 Å². The number of hydrogen-bond donors (Lipinski definition) is 2. The van der Waals surface area contributed by atoms with Crippen LogP contribution >= 0.6 is 11.8 Å². The smallest absolute Gasteiger partial charge is 0.0448 e. The van der Waals surface area contributed by atoms with Crippen LogP contribution in [0.5, 0.6) is 0 Å². The summed E-state index contributed by atoms with van der Waals surface area (Å²) in [5, 5.41) is 12.5. The molecule has 0 spiro atoms. The maximum Gasteiger partial charge on any atom is 0.0448 e. The van der Waals surface area contributed by atoms with Crippen molar-refractivity contribution in [2.45, 2.75) is 31.7 Å². The van der Waals surface area contributed by atoms with E-state index in [-0.39, 0.29) is 5.54 Å². The second kappa shape index (κ2) is 5.10. The number of aliphatic hydroxyl groups excluding tert-OH is 1. The predicted molar refractivity (Wildman–Crippen MR) is 54.7 cm³/mol. The summed E-state index contributed by atoms with van der Waals surface area (Å²) in [7, 11) is 0. The van der Waals surface area contributed by atoms with Gasteiger partial charge in [-0.3, -0.25) is 0 Å². The van der Waals surface area contributed by atoms with Gasteiger partial charge in [0.05, 0.1) is 0 Å². The van der Waals surface area contributed by atoms with E-state index in [9.17, 15) is 0 Å². The first-order valence-electron chi connectivity index (χ1n) is 4.76. The van der Waals surface area contributed by atoms with Gasteiger partial charge in [-0.1, -0.05) is 6.92 Å². The normalized spacial score (nSPS) is 22.5. The molecular weight excluding hydrogens is 170 g/mol. The average Bonchev–Trinajstić information content (AvgIpc) is 2.07. The molecule has 0 amide bonds. The van der Waals surface area contributed by atoms with Gasteiger partial charge in [-0.25, -0.2) is 0 Å². The fraction of sp³-hybridized carbons (Fsp3) is 1.00. The lowest BCUT2D eigenvalue weighted by Crippen LogP contribution is -2.48. The van der Waals surface area contributed by atoms with Crippen LogP contribution in [0.2, 0.25) is 0 Å². The summed E-state index contributed by atoms with van der Waals surface area (Å²) in [4.78, 5) is 0. The molecule has 0 aromatic heterocycles. The van der Waals surface area contributed by atoms with Crippen molar-refractivity contribution in [2.75, 3.05) is 24.7 Å². The second-order valence-electron chi connectivity index (χ2n) is 3.40. The van der Waals surface area contributed by atoms with Crippen molar-refractivity contribution in [2.24, 2.45) is 0 Å². The van der Waals surface area contributed by atoms with Gasteiger partial charge in [-0.15, -0.1) is 0 Å². The molecule has 1 rings (SSSR count). The van der Waals surface area contributed by atoms with Crippen LogP contribution < -0.4 is 5.32 Å². The zero-order chi connectivity index (χ0) is 8.86. The zero-order valence-electron chi connectivity index (χ0n) is 7.81. The number of hydrogen-bond acceptors (Lipinski definition) is 3. The molecule has 0 saturated carbocycles. The van der Waals surface area contributed by atoms with Crippen LogP contribution in [-0.2, 0) is 0 Å². The molecule has 12 heavy (non-hydrogen) atoms. The third-order valence-corrected chi connectivity index (χ3v) is 3.58. The van der Waals surface area contributed by atoms with Gasteiger partial charge in [0, 0.05) is 12.1 Å². The summed E-state index contributed by atoms with van der Waals surface area (Å²) in [6, 6.07) is 0. The zero-order valence-corrected chi connectivity index (χ0v) is 8.62. The van der Waals surface area contributed by atoms with Crippen molar-refractivity contribution in [1.82, 2.24) is 5.32 Å². The van der Waals surface area contributed by atoms with Gasteiger partial charge in [0.15, 0.2) is 0 Å². The highest BCUT2D eigenvalue weighted by Crippen LogP contribution is 2.29. The highest BCUT2D eigenvalue weighted by atomic mass is 32.2. The minimum absolute atomic E-state index is 0.259. The van der Waals surface area contributed by atoms with Crippen LogP contribution in [0.3, 0.4) is 0 Å². The molecule has 0 aromatic carbocycles. The molecule has 1 saturated heterocycles. The van der Waals surface area contributed by atoms with Crippen LogP contribution in [0.25, 0.3) is 0 Å². The van der Waals surface area contributed by atoms with E-state index in [1.165, 1.54) is 24.3 Å². The van der Waals surface area contributed by atoms with Crippen LogP contribution in [0.4, 0.5) is 0 Å². The number of thioether (sulfide) groups is 1. The fourth-order valence-electron chi connectivity index (χ4n) is 1.87. The Balaban J connectivity index is 2.44. The van der Waals surface area contributed by atoms with Crippen LogP contribution in [-0.4, -0.2) is 35.3 Å². The van der Waals surface area contributed by atoms with Crippen molar-refractivity contribution < 1.29 is 5.11 Å². The van der Waals surface area contributed by atoms with Crippen LogP contribution in [0.15, 0.2) is 0 Å². The van der Waals surface area contributed by atoms with Gasteiger partial charge in [0.25, 0.3) is 0 Å². The Hall–Kier alpha value is 0.270. The van der Waals surface area contributed by atoms with E-state index in [1.807, 2.05) is 11.8 Å². The molecule has 0 bridgehead atoms. The van der Waals surface area contributed by atoms with E-state index in [0.29, 0.717) is 6.61 Å². The van der Waals surface area contributed by atoms with E-state index >= 15 is 0 Å². The first-order valence-corrected chi connectivity index (χ1v) is 5.92. The number of rotatable bonds is 4. The maximum absolute atomic E-state index is 8.96. The van der Waals surface area contributed by atoms with E-state index in [4.69, 9.17) is 5.11 Å². The molecule has 0 atom stereocenters. The molecule has 0 radical (unpaired) electrons. The molecule has 3 heteroatoms. The van der Waals surface area contributed by atoms with E-state index in [2.05, 4.69) is 12.2 Å². The van der Waals surface area contributed by atoms with E-state index in [0.717, 1.165) is 13.0 Å². The molecule has 1 aliphatic rings. The van der Waals surface area contributed by atoms with Gasteiger partial charge < -0.3 is 10.4 Å². The number of aliphatic hydroxyl groups is 1. The summed E-state index contributed by atoms with van der Waals surface area (Å²) in [5.41, 5.74) is 0.259. The maximum atomic E-state index is 8.96. The lowest BCUT2D eigenvalue weighted by Gasteiger charge is -2.37. The van der Waals surface area contributed by atoms with Crippen molar-refractivity contribution in [3.8, 4) is 0 Å². The van der Waals surface area contributed by atoms with Crippen molar-refractivity contribution in [3.63, 3.8) is 0 Å². The number of nitrogens with one attached hydrogen (secondary N) is 1. The van der Waals surface area contributed by atoms with Gasteiger partial charge in [0.2, 0.25) is 0 Å². The quantitative estimate of drug-likeness (QED) is 0.698. The molecule has 1 heterocycles. The fourth-order valence-corrected chi connectivity index (χ4v) is 3.14. The Morgan fingerprint density at radius 1 is 1.42 bits per heavy atom. The topological polar surface area (TPSA) is 32.3 Å². The van der Waals surface area contributed by atoms with E-state index in [1.54, 1.807) is 0 Å². The van der Waals surface area contributed by atoms with Gasteiger partial charge in [-0.05, 0) is 37.3 Å². The van der Waals surface area contributed by atoms with Crippen molar-refractivity contribution >= 4 is 11.8 Å². The summed E-state index contributed by atoms with van der Waals surface area (Å²) in [5.74, 6) is 2.49.